The van der Waals surface area contributed by atoms with E-state index in [0.29, 0.717) is 6.10 Å². The van der Waals surface area contributed by atoms with Gasteiger partial charge in [-0.05, 0) is 59.2 Å². The Morgan fingerprint density at radius 3 is 2.80 bits per heavy atom. The molecule has 0 unspecified atom stereocenters. The molecule has 82 valence electrons. The zero-order valence-corrected chi connectivity index (χ0v) is 12.3. The van der Waals surface area contributed by atoms with Gasteiger partial charge in [0.15, 0.2) is 0 Å². The van der Waals surface area contributed by atoms with Crippen molar-refractivity contribution in [2.24, 2.45) is 0 Å². The molecule has 15 heavy (non-hydrogen) atoms. The standard InChI is InChI=1S/C12H14BrIO/c13-12-6-5-10(14)7-9(12)8-15-11-3-1-2-4-11/h5-7,11H,1-4,8H2. The molecule has 1 aliphatic carbocycles. The quantitative estimate of drug-likeness (QED) is 0.701. The second-order valence-electron chi connectivity index (χ2n) is 3.95. The zero-order chi connectivity index (χ0) is 10.7. The number of benzene rings is 1. The van der Waals surface area contributed by atoms with E-state index >= 15 is 0 Å². The van der Waals surface area contributed by atoms with E-state index in [9.17, 15) is 0 Å². The Bertz CT molecular complexity index is 334. The molecule has 0 spiro atoms. The third-order valence-electron chi connectivity index (χ3n) is 2.78. The van der Waals surface area contributed by atoms with E-state index in [0.717, 1.165) is 11.1 Å². The Morgan fingerprint density at radius 1 is 1.33 bits per heavy atom. The van der Waals surface area contributed by atoms with Crippen molar-refractivity contribution in [1.82, 2.24) is 0 Å². The summed E-state index contributed by atoms with van der Waals surface area (Å²) in [6, 6.07) is 6.37. The van der Waals surface area contributed by atoms with Crippen molar-refractivity contribution < 1.29 is 4.74 Å². The Kier molecular flexibility index (Phi) is 4.46. The fourth-order valence-electron chi connectivity index (χ4n) is 1.92. The maximum Gasteiger partial charge on any atom is 0.0731 e. The lowest BCUT2D eigenvalue weighted by Crippen LogP contribution is -2.07. The van der Waals surface area contributed by atoms with Crippen molar-refractivity contribution in [3.8, 4) is 0 Å². The second kappa shape index (κ2) is 5.64. The fourth-order valence-corrected chi connectivity index (χ4v) is 2.83. The molecule has 0 bridgehead atoms. The molecule has 1 aromatic rings. The summed E-state index contributed by atoms with van der Waals surface area (Å²) in [6.45, 7) is 0.738. The molecule has 1 saturated carbocycles. The van der Waals surface area contributed by atoms with E-state index < -0.39 is 0 Å². The van der Waals surface area contributed by atoms with Gasteiger partial charge in [-0.15, -0.1) is 0 Å². The lowest BCUT2D eigenvalue weighted by molar-refractivity contribution is 0.0453. The monoisotopic (exact) mass is 380 g/mol. The van der Waals surface area contributed by atoms with E-state index in [-0.39, 0.29) is 0 Å². The highest BCUT2D eigenvalue weighted by molar-refractivity contribution is 14.1. The number of rotatable bonds is 3. The first kappa shape index (κ1) is 11.9. The molecular weight excluding hydrogens is 367 g/mol. The largest absolute Gasteiger partial charge is 0.374 e. The summed E-state index contributed by atoms with van der Waals surface area (Å²) in [5.74, 6) is 0. The zero-order valence-electron chi connectivity index (χ0n) is 8.51. The minimum Gasteiger partial charge on any atom is -0.374 e. The molecule has 1 aromatic carbocycles. The fraction of sp³-hybridized carbons (Fsp3) is 0.500. The smallest absolute Gasteiger partial charge is 0.0731 e. The Labute approximate surface area is 113 Å². The molecule has 0 radical (unpaired) electrons. The minimum atomic E-state index is 0.495. The summed E-state index contributed by atoms with van der Waals surface area (Å²) in [4.78, 5) is 0. The van der Waals surface area contributed by atoms with Gasteiger partial charge in [0.05, 0.1) is 12.7 Å². The van der Waals surface area contributed by atoms with Crippen LogP contribution in [-0.4, -0.2) is 6.10 Å². The van der Waals surface area contributed by atoms with Gasteiger partial charge in [-0.3, -0.25) is 0 Å². The van der Waals surface area contributed by atoms with Gasteiger partial charge in [0.1, 0.15) is 0 Å². The predicted octanol–water partition coefficient (Wildman–Crippen LogP) is 4.51. The maximum absolute atomic E-state index is 5.89. The van der Waals surface area contributed by atoms with Crippen LogP contribution in [0.4, 0.5) is 0 Å². The number of halogens is 2. The molecule has 0 saturated heterocycles. The van der Waals surface area contributed by atoms with Crippen LogP contribution < -0.4 is 0 Å². The van der Waals surface area contributed by atoms with Crippen LogP contribution in [0.15, 0.2) is 22.7 Å². The molecule has 3 heteroatoms. The first-order chi connectivity index (χ1) is 7.25. The summed E-state index contributed by atoms with van der Waals surface area (Å²) in [7, 11) is 0. The molecule has 0 heterocycles. The van der Waals surface area contributed by atoms with E-state index in [1.165, 1.54) is 34.8 Å². The molecular formula is C12H14BrIO. The lowest BCUT2D eigenvalue weighted by atomic mass is 10.2. The Hall–Kier alpha value is 0.390. The molecule has 0 aliphatic heterocycles. The van der Waals surface area contributed by atoms with Crippen molar-refractivity contribution in [3.63, 3.8) is 0 Å². The molecule has 0 amide bonds. The lowest BCUT2D eigenvalue weighted by Gasteiger charge is -2.12. The molecule has 1 fully saturated rings. The normalized spacial score (nSPS) is 17.2. The topological polar surface area (TPSA) is 9.23 Å². The number of hydrogen-bond donors (Lipinski definition) is 0. The van der Waals surface area contributed by atoms with Crippen LogP contribution in [-0.2, 0) is 11.3 Å². The third kappa shape index (κ3) is 3.43. The number of hydrogen-bond acceptors (Lipinski definition) is 1. The maximum atomic E-state index is 5.89. The van der Waals surface area contributed by atoms with Gasteiger partial charge in [0.2, 0.25) is 0 Å². The van der Waals surface area contributed by atoms with Gasteiger partial charge >= 0.3 is 0 Å². The van der Waals surface area contributed by atoms with Crippen LogP contribution in [0.2, 0.25) is 0 Å². The highest BCUT2D eigenvalue weighted by atomic mass is 127. The van der Waals surface area contributed by atoms with Gasteiger partial charge in [0, 0.05) is 8.04 Å². The van der Waals surface area contributed by atoms with E-state index in [2.05, 4.69) is 56.7 Å². The van der Waals surface area contributed by atoms with Crippen molar-refractivity contribution >= 4 is 38.5 Å². The molecule has 1 nitrogen and oxygen atoms in total. The molecule has 2 rings (SSSR count). The second-order valence-corrected chi connectivity index (χ2v) is 6.05. The average Bonchev–Trinajstić information content (AvgIpc) is 2.72. The van der Waals surface area contributed by atoms with E-state index in [1.807, 2.05) is 0 Å². The molecule has 0 atom stereocenters. The van der Waals surface area contributed by atoms with Crippen LogP contribution in [0.5, 0.6) is 0 Å². The van der Waals surface area contributed by atoms with Gasteiger partial charge in [0.25, 0.3) is 0 Å². The average molecular weight is 381 g/mol. The number of ether oxygens (including phenoxy) is 1. The van der Waals surface area contributed by atoms with Gasteiger partial charge in [-0.1, -0.05) is 28.8 Å². The Balaban J connectivity index is 1.94. The van der Waals surface area contributed by atoms with Gasteiger partial charge < -0.3 is 4.74 Å². The van der Waals surface area contributed by atoms with E-state index in [4.69, 9.17) is 4.74 Å². The summed E-state index contributed by atoms with van der Waals surface area (Å²) in [6.07, 6.45) is 5.63. The highest BCUT2D eigenvalue weighted by Gasteiger charge is 2.15. The predicted molar refractivity (Wildman–Crippen MR) is 73.9 cm³/mol. The van der Waals surface area contributed by atoms with Crippen LogP contribution in [0.3, 0.4) is 0 Å². The van der Waals surface area contributed by atoms with Crippen LogP contribution in [0, 0.1) is 3.57 Å². The third-order valence-corrected chi connectivity index (χ3v) is 4.23. The Morgan fingerprint density at radius 2 is 2.07 bits per heavy atom. The van der Waals surface area contributed by atoms with E-state index in [1.54, 1.807) is 0 Å². The van der Waals surface area contributed by atoms with Crippen molar-refractivity contribution in [2.75, 3.05) is 0 Å². The van der Waals surface area contributed by atoms with Crippen molar-refractivity contribution in [1.29, 1.82) is 0 Å². The first-order valence-electron chi connectivity index (χ1n) is 5.31. The summed E-state index contributed by atoms with van der Waals surface area (Å²) in [5, 5.41) is 0. The summed E-state index contributed by atoms with van der Waals surface area (Å²) >= 11 is 5.89. The molecule has 0 aromatic heterocycles. The minimum absolute atomic E-state index is 0.495. The SMILES string of the molecule is Brc1ccc(I)cc1COC1CCCC1. The van der Waals surface area contributed by atoms with Gasteiger partial charge in [-0.25, -0.2) is 0 Å². The summed E-state index contributed by atoms with van der Waals surface area (Å²) in [5.41, 5.74) is 1.26. The van der Waals surface area contributed by atoms with Crippen LogP contribution in [0.1, 0.15) is 31.2 Å². The van der Waals surface area contributed by atoms with Crippen molar-refractivity contribution in [2.45, 2.75) is 38.4 Å². The van der Waals surface area contributed by atoms with Crippen molar-refractivity contribution in [3.05, 3.63) is 31.8 Å². The molecule has 1 aliphatic rings. The molecule has 0 N–H and O–H groups in total. The van der Waals surface area contributed by atoms with Crippen LogP contribution >= 0.6 is 38.5 Å². The first-order valence-corrected chi connectivity index (χ1v) is 7.18. The van der Waals surface area contributed by atoms with Crippen LogP contribution in [0.25, 0.3) is 0 Å². The summed E-state index contributed by atoms with van der Waals surface area (Å²) < 4.78 is 8.31. The van der Waals surface area contributed by atoms with Gasteiger partial charge in [-0.2, -0.15) is 0 Å². The highest BCUT2D eigenvalue weighted by Crippen LogP contribution is 2.25.